The Morgan fingerprint density at radius 2 is 1.82 bits per heavy atom. The number of aryl methyl sites for hydroxylation is 1. The number of thioether (sulfide) groups is 1. The first-order valence-corrected chi connectivity index (χ1v) is 8.99. The molecule has 0 spiro atoms. The third kappa shape index (κ3) is 2.44. The molecule has 4 rings (SSSR count). The first-order chi connectivity index (χ1) is 10.8. The summed E-state index contributed by atoms with van der Waals surface area (Å²) < 4.78 is 0. The molecule has 1 N–H and O–H groups in total. The molecule has 22 heavy (non-hydrogen) atoms. The fraction of sp³-hybridized carbons (Fsp3) is 0.316. The molecular weight excluding hydrogens is 290 g/mol. The monoisotopic (exact) mass is 309 g/mol. The first-order valence-electron chi connectivity index (χ1n) is 7.94. The standard InChI is InChI=1S/C19H19NOS/c21-17-12-22-19(14-7-2-1-3-8-14)16-11-10-13-6-4-5-9-15(13)18(16)20-17/h1-3,7-8,10-11,19H,4-6,9,12H2,(H,20,21). The van der Waals surface area contributed by atoms with Gasteiger partial charge in [0, 0.05) is 5.69 Å². The number of rotatable bonds is 1. The van der Waals surface area contributed by atoms with Gasteiger partial charge in [0.05, 0.1) is 11.0 Å². The van der Waals surface area contributed by atoms with E-state index in [0.29, 0.717) is 5.75 Å². The molecule has 2 aromatic rings. The van der Waals surface area contributed by atoms with Crippen molar-refractivity contribution in [1.29, 1.82) is 0 Å². The minimum Gasteiger partial charge on any atom is -0.325 e. The summed E-state index contributed by atoms with van der Waals surface area (Å²) >= 11 is 1.73. The molecule has 1 atom stereocenters. The Morgan fingerprint density at radius 1 is 1.00 bits per heavy atom. The molecule has 0 aromatic heterocycles. The Morgan fingerprint density at radius 3 is 2.68 bits per heavy atom. The maximum absolute atomic E-state index is 12.2. The van der Waals surface area contributed by atoms with E-state index in [1.165, 1.54) is 35.1 Å². The average molecular weight is 309 g/mol. The van der Waals surface area contributed by atoms with Crippen LogP contribution in [0.2, 0.25) is 0 Å². The van der Waals surface area contributed by atoms with Gasteiger partial charge >= 0.3 is 0 Å². The van der Waals surface area contributed by atoms with Crippen molar-refractivity contribution >= 4 is 23.4 Å². The first kappa shape index (κ1) is 13.9. The number of fused-ring (bicyclic) bond motifs is 3. The molecule has 2 nitrogen and oxygen atoms in total. The van der Waals surface area contributed by atoms with Crippen LogP contribution in [-0.2, 0) is 17.6 Å². The number of benzene rings is 2. The summed E-state index contributed by atoms with van der Waals surface area (Å²) in [4.78, 5) is 12.2. The molecule has 1 heterocycles. The van der Waals surface area contributed by atoms with E-state index in [0.717, 1.165) is 18.5 Å². The largest absolute Gasteiger partial charge is 0.325 e. The maximum Gasteiger partial charge on any atom is 0.234 e. The Labute approximate surface area is 135 Å². The summed E-state index contributed by atoms with van der Waals surface area (Å²) in [6, 6.07) is 15.0. The normalized spacial score (nSPS) is 20.5. The third-order valence-electron chi connectivity index (χ3n) is 4.60. The molecule has 1 amide bonds. The SMILES string of the molecule is O=C1CSC(c2ccccc2)c2ccc3c(c2N1)CCCC3. The van der Waals surface area contributed by atoms with Crippen molar-refractivity contribution in [3.05, 3.63) is 64.7 Å². The van der Waals surface area contributed by atoms with E-state index in [1.807, 2.05) is 6.07 Å². The maximum atomic E-state index is 12.2. The molecular formula is C19H19NOS. The smallest absolute Gasteiger partial charge is 0.234 e. The summed E-state index contributed by atoms with van der Waals surface area (Å²) in [5, 5.41) is 3.43. The van der Waals surface area contributed by atoms with E-state index < -0.39 is 0 Å². The number of carbonyl (C=O) groups is 1. The number of carbonyl (C=O) groups excluding carboxylic acids is 1. The number of nitrogens with one attached hydrogen (secondary N) is 1. The van der Waals surface area contributed by atoms with Crippen molar-refractivity contribution in [1.82, 2.24) is 0 Å². The molecule has 2 aliphatic rings. The predicted molar refractivity (Wildman–Crippen MR) is 92.5 cm³/mol. The second-order valence-electron chi connectivity index (χ2n) is 6.02. The second kappa shape index (κ2) is 5.81. The highest BCUT2D eigenvalue weighted by Gasteiger charge is 2.27. The lowest BCUT2D eigenvalue weighted by Gasteiger charge is -2.24. The van der Waals surface area contributed by atoms with Crippen molar-refractivity contribution in [2.75, 3.05) is 11.1 Å². The highest BCUT2D eigenvalue weighted by Crippen LogP contribution is 2.44. The van der Waals surface area contributed by atoms with Gasteiger partial charge in [0.25, 0.3) is 0 Å². The van der Waals surface area contributed by atoms with Gasteiger partial charge in [-0.15, -0.1) is 11.8 Å². The summed E-state index contributed by atoms with van der Waals surface area (Å²) in [5.74, 6) is 0.645. The van der Waals surface area contributed by atoms with Gasteiger partial charge in [-0.05, 0) is 47.9 Å². The molecule has 3 heteroatoms. The summed E-state index contributed by atoms with van der Waals surface area (Å²) in [6.07, 6.45) is 4.71. The molecule has 1 unspecified atom stereocenters. The van der Waals surface area contributed by atoms with E-state index >= 15 is 0 Å². The molecule has 0 radical (unpaired) electrons. The predicted octanol–water partition coefficient (Wildman–Crippen LogP) is 4.34. The van der Waals surface area contributed by atoms with Crippen LogP contribution in [0.1, 0.15) is 40.3 Å². The molecule has 0 fully saturated rings. The fourth-order valence-electron chi connectivity index (χ4n) is 3.54. The van der Waals surface area contributed by atoms with Crippen LogP contribution in [0.5, 0.6) is 0 Å². The van der Waals surface area contributed by atoms with Crippen LogP contribution >= 0.6 is 11.8 Å². The van der Waals surface area contributed by atoms with Crippen LogP contribution < -0.4 is 5.32 Å². The van der Waals surface area contributed by atoms with Crippen molar-refractivity contribution in [3.63, 3.8) is 0 Å². The van der Waals surface area contributed by atoms with Crippen molar-refractivity contribution < 1.29 is 4.79 Å². The second-order valence-corrected chi connectivity index (χ2v) is 7.12. The third-order valence-corrected chi connectivity index (χ3v) is 5.88. The minimum absolute atomic E-state index is 0.128. The molecule has 2 aromatic carbocycles. The Balaban J connectivity index is 1.87. The van der Waals surface area contributed by atoms with E-state index in [9.17, 15) is 4.79 Å². The summed E-state index contributed by atoms with van der Waals surface area (Å²) in [5.41, 5.74) is 6.44. The molecule has 0 bridgehead atoms. The van der Waals surface area contributed by atoms with Gasteiger partial charge < -0.3 is 5.32 Å². The lowest BCUT2D eigenvalue weighted by atomic mass is 9.87. The Bertz CT molecular complexity index is 711. The summed E-state index contributed by atoms with van der Waals surface area (Å²) in [6.45, 7) is 0. The van der Waals surface area contributed by atoms with Gasteiger partial charge in [-0.1, -0.05) is 42.5 Å². The zero-order chi connectivity index (χ0) is 14.9. The van der Waals surface area contributed by atoms with E-state index in [1.54, 1.807) is 11.8 Å². The van der Waals surface area contributed by atoms with Gasteiger partial charge in [-0.2, -0.15) is 0 Å². The number of amides is 1. The highest BCUT2D eigenvalue weighted by atomic mass is 32.2. The lowest BCUT2D eigenvalue weighted by molar-refractivity contribution is -0.113. The van der Waals surface area contributed by atoms with Gasteiger partial charge in [0.2, 0.25) is 5.91 Å². The molecule has 0 saturated carbocycles. The lowest BCUT2D eigenvalue weighted by Crippen LogP contribution is -2.16. The fourth-order valence-corrected chi connectivity index (χ4v) is 4.66. The number of anilines is 1. The van der Waals surface area contributed by atoms with Crippen LogP contribution in [0, 0.1) is 0 Å². The van der Waals surface area contributed by atoms with Gasteiger partial charge in [-0.3, -0.25) is 4.79 Å². The van der Waals surface area contributed by atoms with Crippen molar-refractivity contribution in [2.45, 2.75) is 30.9 Å². The van der Waals surface area contributed by atoms with E-state index in [4.69, 9.17) is 0 Å². The molecule has 112 valence electrons. The number of hydrogen-bond acceptors (Lipinski definition) is 2. The van der Waals surface area contributed by atoms with Crippen LogP contribution in [0.3, 0.4) is 0 Å². The van der Waals surface area contributed by atoms with E-state index in [-0.39, 0.29) is 11.2 Å². The van der Waals surface area contributed by atoms with Crippen LogP contribution in [0.25, 0.3) is 0 Å². The molecule has 1 aliphatic carbocycles. The van der Waals surface area contributed by atoms with Crippen molar-refractivity contribution in [2.24, 2.45) is 0 Å². The Hall–Kier alpha value is -1.74. The highest BCUT2D eigenvalue weighted by molar-refractivity contribution is 8.00. The minimum atomic E-state index is 0.128. The van der Waals surface area contributed by atoms with Crippen LogP contribution in [0.15, 0.2) is 42.5 Å². The topological polar surface area (TPSA) is 29.1 Å². The quantitative estimate of drug-likeness (QED) is 0.849. The van der Waals surface area contributed by atoms with Gasteiger partial charge in [0.1, 0.15) is 0 Å². The van der Waals surface area contributed by atoms with Crippen molar-refractivity contribution in [3.8, 4) is 0 Å². The van der Waals surface area contributed by atoms with Crippen LogP contribution in [-0.4, -0.2) is 11.7 Å². The number of hydrogen-bond donors (Lipinski definition) is 1. The van der Waals surface area contributed by atoms with Gasteiger partial charge in [-0.25, -0.2) is 0 Å². The average Bonchev–Trinajstić information content (AvgIpc) is 2.74. The molecule has 1 aliphatic heterocycles. The van der Waals surface area contributed by atoms with Crippen LogP contribution in [0.4, 0.5) is 5.69 Å². The molecule has 0 saturated heterocycles. The van der Waals surface area contributed by atoms with Gasteiger partial charge in [0.15, 0.2) is 0 Å². The Kier molecular flexibility index (Phi) is 3.67. The zero-order valence-electron chi connectivity index (χ0n) is 12.5. The summed E-state index contributed by atoms with van der Waals surface area (Å²) in [7, 11) is 0. The zero-order valence-corrected chi connectivity index (χ0v) is 13.3. The van der Waals surface area contributed by atoms with E-state index in [2.05, 4.69) is 41.7 Å².